The zero-order valence-electron chi connectivity index (χ0n) is 6.82. The maximum absolute atomic E-state index is 9.26. The highest BCUT2D eigenvalue weighted by atomic mass is 16.5. The van der Waals surface area contributed by atoms with E-state index in [9.17, 15) is 5.11 Å². The first-order chi connectivity index (χ1) is 5.77. The minimum Gasteiger partial charge on any atom is -0.497 e. The highest BCUT2D eigenvalue weighted by Gasteiger charge is 2.02. The number of benzene rings is 1. The molecule has 1 atom stereocenters. The van der Waals surface area contributed by atoms with E-state index in [1.807, 2.05) is 0 Å². The van der Waals surface area contributed by atoms with Crippen LogP contribution in [0.5, 0.6) is 5.75 Å². The lowest BCUT2D eigenvalue weighted by Crippen LogP contribution is -1.93. The van der Waals surface area contributed by atoms with Gasteiger partial charge in [0.15, 0.2) is 0 Å². The van der Waals surface area contributed by atoms with Gasteiger partial charge >= 0.3 is 0 Å². The Hall–Kier alpha value is -1.46. The van der Waals surface area contributed by atoms with Crippen molar-refractivity contribution in [2.24, 2.45) is 0 Å². The van der Waals surface area contributed by atoms with Gasteiger partial charge in [-0.25, -0.2) is 0 Å². The Morgan fingerprint density at radius 1 is 1.58 bits per heavy atom. The molecule has 12 heavy (non-hydrogen) atoms. The number of aliphatic hydroxyl groups is 1. The van der Waals surface area contributed by atoms with Gasteiger partial charge in [0, 0.05) is 0 Å². The first-order valence-corrected chi connectivity index (χ1v) is 3.56. The lowest BCUT2D eigenvalue weighted by molar-refractivity contribution is 0.238. The van der Waals surface area contributed by atoms with Crippen LogP contribution in [0.1, 0.15) is 11.7 Å². The third-order valence-corrected chi connectivity index (χ3v) is 1.57. The molecule has 0 aliphatic rings. The van der Waals surface area contributed by atoms with Crippen molar-refractivity contribution in [2.75, 3.05) is 7.11 Å². The molecule has 2 heteroatoms. The van der Waals surface area contributed by atoms with Crippen LogP contribution in [0.25, 0.3) is 0 Å². The molecular formula is C10H10O2. The van der Waals surface area contributed by atoms with Gasteiger partial charge in [0.2, 0.25) is 0 Å². The molecule has 0 amide bonds. The van der Waals surface area contributed by atoms with Crippen LogP contribution < -0.4 is 4.74 Å². The molecule has 0 aromatic heterocycles. The minimum atomic E-state index is -0.847. The molecule has 1 N–H and O–H groups in total. The second kappa shape index (κ2) is 3.80. The summed E-state index contributed by atoms with van der Waals surface area (Å²) in [5.74, 6) is 2.93. The van der Waals surface area contributed by atoms with Gasteiger partial charge in [-0.3, -0.25) is 0 Å². The lowest BCUT2D eigenvalue weighted by atomic mass is 10.1. The van der Waals surface area contributed by atoms with Gasteiger partial charge in [0.25, 0.3) is 0 Å². The lowest BCUT2D eigenvalue weighted by Gasteiger charge is -2.05. The van der Waals surface area contributed by atoms with E-state index in [-0.39, 0.29) is 0 Å². The Bertz CT molecular complexity index is 299. The third-order valence-electron chi connectivity index (χ3n) is 1.57. The molecule has 1 aromatic rings. The Kier molecular flexibility index (Phi) is 2.73. The fourth-order valence-corrected chi connectivity index (χ4v) is 0.908. The van der Waals surface area contributed by atoms with E-state index in [2.05, 4.69) is 5.92 Å². The van der Waals surface area contributed by atoms with Crippen molar-refractivity contribution < 1.29 is 9.84 Å². The molecule has 0 saturated heterocycles. The molecular weight excluding hydrogens is 152 g/mol. The summed E-state index contributed by atoms with van der Waals surface area (Å²) in [5, 5.41) is 9.26. The molecule has 0 fully saturated rings. The Balaban J connectivity index is 2.95. The number of hydrogen-bond acceptors (Lipinski definition) is 2. The van der Waals surface area contributed by atoms with Crippen LogP contribution >= 0.6 is 0 Å². The van der Waals surface area contributed by atoms with Gasteiger partial charge in [-0.05, 0) is 17.7 Å². The second-order valence-corrected chi connectivity index (χ2v) is 2.35. The first-order valence-electron chi connectivity index (χ1n) is 3.56. The quantitative estimate of drug-likeness (QED) is 0.665. The summed E-state index contributed by atoms with van der Waals surface area (Å²) in [7, 11) is 1.57. The molecule has 1 aromatic carbocycles. The van der Waals surface area contributed by atoms with Gasteiger partial charge in [-0.1, -0.05) is 18.1 Å². The van der Waals surface area contributed by atoms with Gasteiger partial charge in [0.1, 0.15) is 11.9 Å². The van der Waals surface area contributed by atoms with E-state index in [0.29, 0.717) is 11.3 Å². The number of aliphatic hydroxyl groups excluding tert-OH is 1. The Morgan fingerprint density at radius 3 is 2.92 bits per heavy atom. The van der Waals surface area contributed by atoms with Crippen LogP contribution in [-0.2, 0) is 0 Å². The summed E-state index contributed by atoms with van der Waals surface area (Å²) in [5.41, 5.74) is 0.678. The molecule has 0 radical (unpaired) electrons. The molecule has 0 aliphatic carbocycles. The fraction of sp³-hybridized carbons (Fsp3) is 0.200. The summed E-state index contributed by atoms with van der Waals surface area (Å²) in [4.78, 5) is 0. The van der Waals surface area contributed by atoms with Gasteiger partial charge in [-0.2, -0.15) is 0 Å². The van der Waals surface area contributed by atoms with Crippen molar-refractivity contribution in [2.45, 2.75) is 6.10 Å². The van der Waals surface area contributed by atoms with E-state index < -0.39 is 6.10 Å². The van der Waals surface area contributed by atoms with E-state index in [1.54, 1.807) is 31.4 Å². The molecule has 0 bridgehead atoms. The monoisotopic (exact) mass is 162 g/mol. The van der Waals surface area contributed by atoms with Crippen molar-refractivity contribution in [3.8, 4) is 18.1 Å². The highest BCUT2D eigenvalue weighted by Crippen LogP contribution is 2.17. The van der Waals surface area contributed by atoms with Crippen LogP contribution in [0.15, 0.2) is 24.3 Å². The normalized spacial score (nSPS) is 11.8. The molecule has 2 nitrogen and oxygen atoms in total. The Labute approximate surface area is 71.8 Å². The number of ether oxygens (including phenoxy) is 1. The Morgan fingerprint density at radius 2 is 2.33 bits per heavy atom. The van der Waals surface area contributed by atoms with Crippen molar-refractivity contribution in [1.29, 1.82) is 0 Å². The molecule has 0 saturated carbocycles. The zero-order chi connectivity index (χ0) is 8.97. The SMILES string of the molecule is C#C[C@H](O)c1cccc(OC)c1. The summed E-state index contributed by atoms with van der Waals surface area (Å²) in [6, 6.07) is 7.05. The predicted octanol–water partition coefficient (Wildman–Crippen LogP) is 1.36. The fourth-order valence-electron chi connectivity index (χ4n) is 0.908. The van der Waals surface area contributed by atoms with Crippen LogP contribution in [0.2, 0.25) is 0 Å². The van der Waals surface area contributed by atoms with Crippen molar-refractivity contribution in [3.63, 3.8) is 0 Å². The van der Waals surface area contributed by atoms with Gasteiger partial charge in [0.05, 0.1) is 7.11 Å². The van der Waals surface area contributed by atoms with Crippen LogP contribution in [-0.4, -0.2) is 12.2 Å². The van der Waals surface area contributed by atoms with Gasteiger partial charge < -0.3 is 9.84 Å². The van der Waals surface area contributed by atoms with E-state index in [0.717, 1.165) is 0 Å². The molecule has 0 aliphatic heterocycles. The second-order valence-electron chi connectivity index (χ2n) is 2.35. The number of methoxy groups -OCH3 is 1. The molecule has 0 unspecified atom stereocenters. The molecule has 0 heterocycles. The average Bonchev–Trinajstić information content (AvgIpc) is 2.17. The third kappa shape index (κ3) is 1.77. The largest absolute Gasteiger partial charge is 0.497 e. The molecule has 62 valence electrons. The van der Waals surface area contributed by atoms with Crippen molar-refractivity contribution in [3.05, 3.63) is 29.8 Å². The summed E-state index contributed by atoms with van der Waals surface area (Å²) >= 11 is 0. The number of terminal acetylenes is 1. The van der Waals surface area contributed by atoms with Gasteiger partial charge in [-0.15, -0.1) is 6.42 Å². The minimum absolute atomic E-state index is 0.678. The summed E-state index contributed by atoms with van der Waals surface area (Å²) in [6.07, 6.45) is 4.21. The van der Waals surface area contributed by atoms with Crippen LogP contribution in [0.3, 0.4) is 0 Å². The zero-order valence-corrected chi connectivity index (χ0v) is 6.82. The number of hydrogen-bond donors (Lipinski definition) is 1. The summed E-state index contributed by atoms with van der Waals surface area (Å²) < 4.78 is 4.97. The predicted molar refractivity (Wildman–Crippen MR) is 46.8 cm³/mol. The van der Waals surface area contributed by atoms with E-state index in [1.165, 1.54) is 0 Å². The van der Waals surface area contributed by atoms with Crippen molar-refractivity contribution >= 4 is 0 Å². The maximum atomic E-state index is 9.26. The average molecular weight is 162 g/mol. The topological polar surface area (TPSA) is 29.5 Å². The molecule has 0 spiro atoms. The number of rotatable bonds is 2. The standard InChI is InChI=1S/C10H10O2/c1-3-10(11)8-5-4-6-9(7-8)12-2/h1,4-7,10-11H,2H3/t10-/m0/s1. The highest BCUT2D eigenvalue weighted by molar-refractivity contribution is 5.32. The van der Waals surface area contributed by atoms with Crippen molar-refractivity contribution in [1.82, 2.24) is 0 Å². The summed E-state index contributed by atoms with van der Waals surface area (Å²) in [6.45, 7) is 0. The maximum Gasteiger partial charge on any atom is 0.140 e. The van der Waals surface area contributed by atoms with E-state index in [4.69, 9.17) is 11.2 Å². The molecule has 1 rings (SSSR count). The van der Waals surface area contributed by atoms with Crippen LogP contribution in [0, 0.1) is 12.3 Å². The van der Waals surface area contributed by atoms with E-state index >= 15 is 0 Å². The first kappa shape index (κ1) is 8.63. The smallest absolute Gasteiger partial charge is 0.140 e. The van der Waals surface area contributed by atoms with Crippen LogP contribution in [0.4, 0.5) is 0 Å².